The van der Waals surface area contributed by atoms with Crippen molar-refractivity contribution >= 4 is 11.7 Å². The lowest BCUT2D eigenvalue weighted by molar-refractivity contribution is -0.0525. The Hall–Kier alpha value is -1.14. The molecule has 3 N–H and O–H groups in total. The Labute approximate surface area is 70.7 Å². The van der Waals surface area contributed by atoms with Crippen LogP contribution in [0.25, 0.3) is 0 Å². The third-order valence-electron chi connectivity index (χ3n) is 1.11. The number of ether oxygens (including phenoxy) is 2. The Morgan fingerprint density at radius 2 is 2.00 bits per heavy atom. The molecule has 0 fully saturated rings. The van der Waals surface area contributed by atoms with E-state index in [1.54, 1.807) is 6.92 Å². The van der Waals surface area contributed by atoms with Crippen LogP contribution in [0.1, 0.15) is 6.92 Å². The molecule has 0 saturated carbocycles. The van der Waals surface area contributed by atoms with E-state index < -0.39 is 12.3 Å². The van der Waals surface area contributed by atoms with Gasteiger partial charge in [0.2, 0.25) is 0 Å². The van der Waals surface area contributed by atoms with Crippen molar-refractivity contribution in [3.63, 3.8) is 0 Å². The van der Waals surface area contributed by atoms with Crippen molar-refractivity contribution < 1.29 is 14.3 Å². The first-order valence-corrected chi connectivity index (χ1v) is 3.27. The molecule has 0 saturated heterocycles. The normalized spacial score (nSPS) is 11.8. The lowest BCUT2D eigenvalue weighted by atomic mass is 10.4. The molecular formula is C6H13N3O3. The quantitative estimate of drug-likeness (QED) is 0.348. The molecule has 0 aliphatic carbocycles. The van der Waals surface area contributed by atoms with E-state index in [-0.39, 0.29) is 0 Å². The smallest absolute Gasteiger partial charge is 0.332 e. The van der Waals surface area contributed by atoms with Gasteiger partial charge in [-0.25, -0.2) is 10.2 Å². The maximum atomic E-state index is 10.2. The molecule has 0 aromatic carbocycles. The first kappa shape index (κ1) is 10.9. The van der Waals surface area contributed by atoms with Gasteiger partial charge in [-0.05, 0) is 6.92 Å². The van der Waals surface area contributed by atoms with Crippen LogP contribution in [-0.2, 0) is 9.47 Å². The van der Waals surface area contributed by atoms with E-state index in [1.807, 2.05) is 0 Å². The van der Waals surface area contributed by atoms with Gasteiger partial charge in [0.05, 0.1) is 5.71 Å². The van der Waals surface area contributed by atoms with Crippen molar-refractivity contribution in [1.82, 2.24) is 5.43 Å². The maximum Gasteiger partial charge on any atom is 0.332 e. The summed E-state index contributed by atoms with van der Waals surface area (Å²) in [5.74, 6) is 0. The molecule has 0 aromatic rings. The van der Waals surface area contributed by atoms with E-state index in [9.17, 15) is 4.79 Å². The standard InChI is InChI=1S/C6H13N3O3/c1-4(5(11-2)12-3)8-9-6(7)10/h5H,1-3H3,(H3,7,9,10). The second-order valence-corrected chi connectivity index (χ2v) is 2.03. The zero-order valence-electron chi connectivity index (χ0n) is 7.33. The highest BCUT2D eigenvalue weighted by atomic mass is 16.7. The average molecular weight is 175 g/mol. The number of hydrogen-bond donors (Lipinski definition) is 2. The summed E-state index contributed by atoms with van der Waals surface area (Å²) in [7, 11) is 2.94. The van der Waals surface area contributed by atoms with Crippen LogP contribution in [0.15, 0.2) is 5.10 Å². The zero-order valence-corrected chi connectivity index (χ0v) is 7.33. The van der Waals surface area contributed by atoms with Crippen molar-refractivity contribution in [1.29, 1.82) is 0 Å². The van der Waals surface area contributed by atoms with Crippen LogP contribution in [0.5, 0.6) is 0 Å². The number of methoxy groups -OCH3 is 2. The summed E-state index contributed by atoms with van der Waals surface area (Å²) in [4.78, 5) is 10.2. The summed E-state index contributed by atoms with van der Waals surface area (Å²) < 4.78 is 9.70. The molecule has 0 bridgehead atoms. The zero-order chi connectivity index (χ0) is 9.56. The predicted octanol–water partition coefficient (Wildman–Crippen LogP) is -0.351. The topological polar surface area (TPSA) is 85.9 Å². The van der Waals surface area contributed by atoms with Crippen molar-refractivity contribution in [2.45, 2.75) is 13.2 Å². The summed E-state index contributed by atoms with van der Waals surface area (Å²) in [6.07, 6.45) is -0.558. The van der Waals surface area contributed by atoms with Gasteiger partial charge in [0.1, 0.15) is 0 Å². The lowest BCUT2D eigenvalue weighted by Crippen LogP contribution is -2.29. The van der Waals surface area contributed by atoms with E-state index in [0.717, 1.165) is 0 Å². The number of carbonyl (C=O) groups excluding carboxylic acids is 1. The molecule has 0 unspecified atom stereocenters. The molecule has 0 aliphatic heterocycles. The molecule has 0 rings (SSSR count). The molecule has 70 valence electrons. The molecule has 0 radical (unpaired) electrons. The minimum atomic E-state index is -0.722. The van der Waals surface area contributed by atoms with E-state index in [2.05, 4.69) is 10.5 Å². The van der Waals surface area contributed by atoms with E-state index in [1.165, 1.54) is 14.2 Å². The van der Waals surface area contributed by atoms with Crippen LogP contribution >= 0.6 is 0 Å². The van der Waals surface area contributed by atoms with Crippen LogP contribution in [0, 0.1) is 0 Å². The third-order valence-corrected chi connectivity index (χ3v) is 1.11. The number of hydrazone groups is 1. The molecule has 6 heteroatoms. The number of rotatable bonds is 4. The van der Waals surface area contributed by atoms with Crippen LogP contribution in [0.4, 0.5) is 4.79 Å². The second kappa shape index (κ2) is 5.50. The van der Waals surface area contributed by atoms with Crippen molar-refractivity contribution in [3.05, 3.63) is 0 Å². The highest BCUT2D eigenvalue weighted by Gasteiger charge is 2.08. The second-order valence-electron chi connectivity index (χ2n) is 2.03. The van der Waals surface area contributed by atoms with Gasteiger partial charge >= 0.3 is 6.03 Å². The summed E-state index contributed by atoms with van der Waals surface area (Å²) in [5.41, 5.74) is 7.33. The number of hydrogen-bond acceptors (Lipinski definition) is 4. The largest absolute Gasteiger partial charge is 0.351 e. The molecule has 0 aromatic heterocycles. The summed E-state index contributed by atoms with van der Waals surface area (Å²) in [6.45, 7) is 1.65. The van der Waals surface area contributed by atoms with Gasteiger partial charge < -0.3 is 15.2 Å². The van der Waals surface area contributed by atoms with Gasteiger partial charge in [-0.15, -0.1) is 0 Å². The Bertz CT molecular complexity index is 177. The molecular weight excluding hydrogens is 162 g/mol. The van der Waals surface area contributed by atoms with Crippen LogP contribution in [0.2, 0.25) is 0 Å². The Morgan fingerprint density at radius 3 is 2.33 bits per heavy atom. The van der Waals surface area contributed by atoms with E-state index in [0.29, 0.717) is 5.71 Å². The fourth-order valence-electron chi connectivity index (χ4n) is 0.633. The fourth-order valence-corrected chi connectivity index (χ4v) is 0.633. The number of nitrogens with one attached hydrogen (secondary N) is 1. The first-order valence-electron chi connectivity index (χ1n) is 3.27. The number of primary amides is 1. The lowest BCUT2D eigenvalue weighted by Gasteiger charge is -2.11. The van der Waals surface area contributed by atoms with E-state index >= 15 is 0 Å². The molecule has 0 atom stereocenters. The first-order chi connectivity index (χ1) is 5.61. The number of nitrogens with zero attached hydrogens (tertiary/aromatic N) is 1. The average Bonchev–Trinajstić information content (AvgIpc) is 2.03. The van der Waals surface area contributed by atoms with Crippen molar-refractivity contribution in [3.8, 4) is 0 Å². The molecule has 0 spiro atoms. The Morgan fingerprint density at radius 1 is 1.50 bits per heavy atom. The van der Waals surface area contributed by atoms with Crippen molar-refractivity contribution in [2.24, 2.45) is 10.8 Å². The van der Waals surface area contributed by atoms with Gasteiger partial charge in [-0.2, -0.15) is 5.10 Å². The number of carbonyl (C=O) groups is 1. The maximum absolute atomic E-state index is 10.2. The molecule has 2 amide bonds. The third kappa shape index (κ3) is 3.89. The highest BCUT2D eigenvalue weighted by molar-refractivity contribution is 5.86. The monoisotopic (exact) mass is 175 g/mol. The number of nitrogens with two attached hydrogens (primary N) is 1. The summed E-state index contributed by atoms with van der Waals surface area (Å²) >= 11 is 0. The molecule has 0 aliphatic rings. The SMILES string of the molecule is COC(OC)C(C)=NNC(N)=O. The van der Waals surface area contributed by atoms with Gasteiger partial charge in [0.15, 0.2) is 6.29 Å². The minimum Gasteiger partial charge on any atom is -0.351 e. The Balaban J connectivity index is 4.04. The van der Waals surface area contributed by atoms with Gasteiger partial charge in [0.25, 0.3) is 0 Å². The van der Waals surface area contributed by atoms with Crippen LogP contribution in [0.3, 0.4) is 0 Å². The molecule has 6 nitrogen and oxygen atoms in total. The Kier molecular flexibility index (Phi) is 4.98. The van der Waals surface area contributed by atoms with E-state index in [4.69, 9.17) is 15.2 Å². The number of urea groups is 1. The predicted molar refractivity (Wildman–Crippen MR) is 43.6 cm³/mol. The van der Waals surface area contributed by atoms with Gasteiger partial charge in [-0.1, -0.05) is 0 Å². The van der Waals surface area contributed by atoms with Crippen LogP contribution < -0.4 is 11.2 Å². The highest BCUT2D eigenvalue weighted by Crippen LogP contribution is 1.93. The van der Waals surface area contributed by atoms with Gasteiger partial charge in [-0.3, -0.25) is 0 Å². The van der Waals surface area contributed by atoms with Crippen molar-refractivity contribution in [2.75, 3.05) is 14.2 Å². The van der Waals surface area contributed by atoms with Gasteiger partial charge in [0, 0.05) is 14.2 Å². The molecule has 0 heterocycles. The number of amides is 2. The van der Waals surface area contributed by atoms with Crippen LogP contribution in [-0.4, -0.2) is 32.3 Å². The minimum absolute atomic E-state index is 0.485. The summed E-state index contributed by atoms with van der Waals surface area (Å²) in [6, 6.07) is -0.722. The molecule has 12 heavy (non-hydrogen) atoms. The summed E-state index contributed by atoms with van der Waals surface area (Å²) in [5, 5.41) is 3.61. The fraction of sp³-hybridized carbons (Fsp3) is 0.667.